The third-order valence-electron chi connectivity index (χ3n) is 8.62. The number of amides is 6. The van der Waals surface area contributed by atoms with Gasteiger partial charge in [0.05, 0.1) is 0 Å². The number of fused-ring (bicyclic) bond motifs is 3. The predicted octanol–water partition coefficient (Wildman–Crippen LogP) is 2.48. The van der Waals surface area contributed by atoms with E-state index >= 15 is 0 Å². The van der Waals surface area contributed by atoms with Crippen molar-refractivity contribution < 1.29 is 33.1 Å². The number of aliphatic hydroxyl groups is 1. The zero-order valence-electron chi connectivity index (χ0n) is 21.9. The third kappa shape index (κ3) is 4.09. The summed E-state index contributed by atoms with van der Waals surface area (Å²) in [6.07, 6.45) is 2.53. The molecule has 10 nitrogen and oxygen atoms in total. The second-order valence-corrected chi connectivity index (χ2v) is 11.0. The molecule has 1 saturated heterocycles. The predicted molar refractivity (Wildman–Crippen MR) is 138 cm³/mol. The molecule has 40 heavy (non-hydrogen) atoms. The number of benzene rings is 2. The molecule has 6 rings (SSSR count). The second-order valence-electron chi connectivity index (χ2n) is 11.0. The van der Waals surface area contributed by atoms with Crippen molar-refractivity contribution in [3.63, 3.8) is 0 Å². The van der Waals surface area contributed by atoms with Gasteiger partial charge < -0.3 is 26.0 Å². The van der Waals surface area contributed by atoms with Crippen molar-refractivity contribution in [2.75, 3.05) is 18.9 Å². The Labute approximate surface area is 228 Å². The number of nitrogens with zero attached hydrogens (tertiary/aromatic N) is 2. The average Bonchev–Trinajstić information content (AvgIpc) is 3.71. The van der Waals surface area contributed by atoms with Gasteiger partial charge in [0.15, 0.2) is 11.6 Å². The van der Waals surface area contributed by atoms with E-state index in [2.05, 4.69) is 16.0 Å². The molecule has 0 bridgehead atoms. The minimum absolute atomic E-state index is 0.130. The van der Waals surface area contributed by atoms with E-state index in [0.717, 1.165) is 22.6 Å². The lowest BCUT2D eigenvalue weighted by Gasteiger charge is -2.39. The highest BCUT2D eigenvalue weighted by Gasteiger charge is 2.57. The molecule has 2 aliphatic carbocycles. The Bertz CT molecular complexity index is 1460. The zero-order chi connectivity index (χ0) is 28.4. The molecule has 2 fully saturated rings. The summed E-state index contributed by atoms with van der Waals surface area (Å²) in [6, 6.07) is 6.09. The van der Waals surface area contributed by atoms with Gasteiger partial charge in [-0.25, -0.2) is 18.4 Å². The molecule has 2 aromatic carbocycles. The van der Waals surface area contributed by atoms with Gasteiger partial charge in [0.1, 0.15) is 17.8 Å². The summed E-state index contributed by atoms with van der Waals surface area (Å²) in [5.41, 5.74) is -0.0868. The van der Waals surface area contributed by atoms with Gasteiger partial charge in [-0.05, 0) is 85.0 Å². The van der Waals surface area contributed by atoms with Gasteiger partial charge in [-0.3, -0.25) is 14.5 Å². The van der Waals surface area contributed by atoms with Crippen molar-refractivity contribution >= 4 is 29.6 Å². The fraction of sp³-hybridized carbons (Fsp3) is 0.429. The number of rotatable bonds is 4. The largest absolute Gasteiger partial charge is 0.370 e. The van der Waals surface area contributed by atoms with Crippen LogP contribution in [0.5, 0.6) is 0 Å². The number of halogens is 2. The molecule has 1 saturated carbocycles. The summed E-state index contributed by atoms with van der Waals surface area (Å²) in [4.78, 5) is 54.3. The Morgan fingerprint density at radius 2 is 1.75 bits per heavy atom. The van der Waals surface area contributed by atoms with Gasteiger partial charge in [-0.2, -0.15) is 0 Å². The van der Waals surface area contributed by atoms with Crippen molar-refractivity contribution in [2.24, 2.45) is 5.92 Å². The molecular weight excluding hydrogens is 524 g/mol. The highest BCUT2D eigenvalue weighted by molar-refractivity contribution is 6.10. The van der Waals surface area contributed by atoms with E-state index in [4.69, 9.17) is 0 Å². The number of anilines is 1. The normalized spacial score (nSPS) is 25.4. The third-order valence-corrected chi connectivity index (χ3v) is 8.62. The van der Waals surface area contributed by atoms with Gasteiger partial charge in [0.2, 0.25) is 5.91 Å². The highest BCUT2D eigenvalue weighted by atomic mass is 19.2. The van der Waals surface area contributed by atoms with Crippen LogP contribution < -0.4 is 16.0 Å². The smallest absolute Gasteiger partial charge is 0.325 e. The summed E-state index contributed by atoms with van der Waals surface area (Å²) < 4.78 is 28.0. The number of urea groups is 2. The summed E-state index contributed by atoms with van der Waals surface area (Å²) in [7, 11) is 1.49. The lowest BCUT2D eigenvalue weighted by Crippen LogP contribution is -2.55. The molecule has 12 heteroatoms. The van der Waals surface area contributed by atoms with Gasteiger partial charge >= 0.3 is 12.1 Å². The minimum Gasteiger partial charge on any atom is -0.370 e. The van der Waals surface area contributed by atoms with Crippen LogP contribution in [0.4, 0.5) is 24.1 Å². The quantitative estimate of drug-likeness (QED) is 0.432. The summed E-state index contributed by atoms with van der Waals surface area (Å²) in [5.74, 6) is -3.47. The van der Waals surface area contributed by atoms with Crippen LogP contribution in [0, 0.1) is 17.6 Å². The Morgan fingerprint density at radius 3 is 2.45 bits per heavy atom. The first kappa shape index (κ1) is 26.2. The lowest BCUT2D eigenvalue weighted by molar-refractivity contribution is -0.170. The molecule has 2 aromatic rings. The van der Waals surface area contributed by atoms with Crippen LogP contribution in [-0.4, -0.2) is 58.1 Å². The number of nitrogens with one attached hydrogen (secondary N) is 3. The molecule has 0 aromatic heterocycles. The Morgan fingerprint density at radius 1 is 1.05 bits per heavy atom. The number of carbonyl (C=O) groups is 4. The van der Waals surface area contributed by atoms with Crippen LogP contribution in [-0.2, 0) is 34.5 Å². The van der Waals surface area contributed by atoms with E-state index in [1.807, 2.05) is 0 Å². The van der Waals surface area contributed by atoms with Crippen LogP contribution in [0.3, 0.4) is 0 Å². The Kier molecular flexibility index (Phi) is 6.06. The van der Waals surface area contributed by atoms with Crippen molar-refractivity contribution in [3.8, 4) is 0 Å². The van der Waals surface area contributed by atoms with Crippen molar-refractivity contribution in [1.29, 1.82) is 0 Å². The van der Waals surface area contributed by atoms with E-state index in [1.165, 1.54) is 11.9 Å². The standard InChI is InChI=1S/C28H29F2N5O5/c1-31-25(38)32-19-4-5-20-16(10-19)6-8-27(20)24(37)34(26(39)33-27)14-23(36)35-13-17-12-22(30)21(29)11-15(17)7-9-28(35,40)18-2-3-18/h4-5,10-12,18,40H,2-3,6-9,13-14H2,1H3,(H,33,39)(H2,31,32,38)/t27-,28-/m1/s1. The van der Waals surface area contributed by atoms with Crippen LogP contribution >= 0.6 is 0 Å². The minimum atomic E-state index is -1.56. The summed E-state index contributed by atoms with van der Waals surface area (Å²) in [6.45, 7) is -0.775. The van der Waals surface area contributed by atoms with E-state index in [9.17, 15) is 33.1 Å². The molecule has 210 valence electrons. The van der Waals surface area contributed by atoms with Gasteiger partial charge in [-0.15, -0.1) is 0 Å². The topological polar surface area (TPSA) is 131 Å². The molecule has 6 amide bonds. The first-order valence-corrected chi connectivity index (χ1v) is 13.3. The Balaban J connectivity index is 1.26. The zero-order valence-corrected chi connectivity index (χ0v) is 21.9. The first-order valence-electron chi connectivity index (χ1n) is 13.3. The number of carbonyl (C=O) groups excluding carboxylic acids is 4. The molecule has 2 heterocycles. The van der Waals surface area contributed by atoms with Crippen molar-refractivity contribution in [3.05, 3.63) is 64.2 Å². The van der Waals surface area contributed by atoms with Crippen molar-refractivity contribution in [2.45, 2.75) is 56.3 Å². The molecule has 4 aliphatic rings. The van der Waals surface area contributed by atoms with E-state index in [-0.39, 0.29) is 31.7 Å². The maximum Gasteiger partial charge on any atom is 0.325 e. The van der Waals surface area contributed by atoms with Gasteiger partial charge in [-0.1, -0.05) is 6.07 Å². The summed E-state index contributed by atoms with van der Waals surface area (Å²) in [5, 5.41) is 19.6. The maximum atomic E-state index is 14.1. The van der Waals surface area contributed by atoms with Crippen LogP contribution in [0.2, 0.25) is 0 Å². The summed E-state index contributed by atoms with van der Waals surface area (Å²) >= 11 is 0. The first-order chi connectivity index (χ1) is 19.1. The molecule has 2 atom stereocenters. The van der Waals surface area contributed by atoms with Gasteiger partial charge in [0.25, 0.3) is 5.91 Å². The number of hydrogen-bond acceptors (Lipinski definition) is 5. The fourth-order valence-corrected chi connectivity index (χ4v) is 6.33. The van der Waals surface area contributed by atoms with E-state index < -0.39 is 53.3 Å². The second kappa shape index (κ2) is 9.26. The maximum absolute atomic E-state index is 14.1. The van der Waals surface area contributed by atoms with Gasteiger partial charge in [0, 0.05) is 25.2 Å². The number of hydrogen-bond donors (Lipinski definition) is 4. The van der Waals surface area contributed by atoms with Crippen LogP contribution in [0.25, 0.3) is 0 Å². The highest BCUT2D eigenvalue weighted by Crippen LogP contribution is 2.47. The van der Waals surface area contributed by atoms with E-state index in [1.54, 1.807) is 18.2 Å². The molecule has 0 unspecified atom stereocenters. The molecular formula is C28H29F2N5O5. The number of imide groups is 1. The SMILES string of the molecule is CNC(=O)Nc1ccc2c(c1)CC[C@@]21NC(=O)N(CC(=O)N2Cc3cc(F)c(F)cc3CC[C@@]2(O)C2CC2)C1=O. The molecule has 4 N–H and O–H groups in total. The van der Waals surface area contributed by atoms with Crippen LogP contribution in [0.15, 0.2) is 30.3 Å². The fourth-order valence-electron chi connectivity index (χ4n) is 6.33. The average molecular weight is 554 g/mol. The monoisotopic (exact) mass is 553 g/mol. The number of aryl methyl sites for hydroxylation is 2. The van der Waals surface area contributed by atoms with Crippen molar-refractivity contribution in [1.82, 2.24) is 20.4 Å². The van der Waals surface area contributed by atoms with Crippen LogP contribution in [0.1, 0.15) is 47.9 Å². The van der Waals surface area contributed by atoms with E-state index in [0.29, 0.717) is 41.6 Å². The Hall–Kier alpha value is -4.06. The molecule has 1 spiro atoms. The molecule has 0 radical (unpaired) electrons. The lowest BCUT2D eigenvalue weighted by atomic mass is 9.91. The molecule has 2 aliphatic heterocycles.